The van der Waals surface area contributed by atoms with E-state index in [4.69, 9.17) is 0 Å². The Labute approximate surface area is 135 Å². The molecule has 128 valence electrons. The lowest BCUT2D eigenvalue weighted by atomic mass is 9.94. The number of nitrogens with zero attached hydrogens (tertiary/aromatic N) is 1. The molecule has 2 rings (SSSR count). The average Bonchev–Trinajstić information content (AvgIpc) is 2.58. The molecule has 0 amide bonds. The topological polar surface area (TPSA) is 15.3 Å². The van der Waals surface area contributed by atoms with Crippen molar-refractivity contribution >= 4 is 0 Å². The molecule has 0 aromatic carbocycles. The van der Waals surface area contributed by atoms with Gasteiger partial charge in [-0.05, 0) is 53.6 Å². The van der Waals surface area contributed by atoms with Crippen LogP contribution in [0.2, 0.25) is 0 Å². The third-order valence-electron chi connectivity index (χ3n) is 4.98. The fourth-order valence-electron chi connectivity index (χ4n) is 3.30. The standard InChI is InChI=1S/C10H21N.C7H15N.C2H6/c1-9(2)11(3)10-7-5-4-6-8-10;1-8-7-5-3-2-4-6-7;1-2/h9-10H,4-8H2,1-3H3;7-8H,2-6H2,1H3;1-2H3. The van der Waals surface area contributed by atoms with E-state index in [9.17, 15) is 0 Å². The smallest absolute Gasteiger partial charge is 0.00949 e. The van der Waals surface area contributed by atoms with Crippen LogP contribution in [0.15, 0.2) is 0 Å². The molecule has 0 radical (unpaired) electrons. The Morgan fingerprint density at radius 3 is 1.57 bits per heavy atom. The van der Waals surface area contributed by atoms with E-state index in [1.54, 1.807) is 0 Å². The van der Waals surface area contributed by atoms with Crippen molar-refractivity contribution in [3.05, 3.63) is 0 Å². The molecule has 0 heterocycles. The van der Waals surface area contributed by atoms with Crippen LogP contribution in [0.5, 0.6) is 0 Å². The van der Waals surface area contributed by atoms with Gasteiger partial charge in [0.25, 0.3) is 0 Å². The van der Waals surface area contributed by atoms with Crippen molar-refractivity contribution < 1.29 is 0 Å². The first-order valence-electron chi connectivity index (χ1n) is 9.54. The van der Waals surface area contributed by atoms with Crippen molar-refractivity contribution in [2.75, 3.05) is 14.1 Å². The molecule has 2 aliphatic carbocycles. The summed E-state index contributed by atoms with van der Waals surface area (Å²) >= 11 is 0. The van der Waals surface area contributed by atoms with Crippen LogP contribution in [-0.4, -0.2) is 37.1 Å². The summed E-state index contributed by atoms with van der Waals surface area (Å²) in [5.41, 5.74) is 0. The molecule has 0 aromatic heterocycles. The van der Waals surface area contributed by atoms with Gasteiger partial charge in [0.15, 0.2) is 0 Å². The first-order valence-corrected chi connectivity index (χ1v) is 9.54. The van der Waals surface area contributed by atoms with E-state index >= 15 is 0 Å². The zero-order chi connectivity index (χ0) is 16.1. The summed E-state index contributed by atoms with van der Waals surface area (Å²) in [6, 6.07) is 2.44. The maximum Gasteiger partial charge on any atom is 0.00949 e. The Morgan fingerprint density at radius 2 is 1.24 bits per heavy atom. The predicted molar refractivity (Wildman–Crippen MR) is 97.1 cm³/mol. The summed E-state index contributed by atoms with van der Waals surface area (Å²) in [4.78, 5) is 2.53. The molecule has 1 N–H and O–H groups in total. The Bertz CT molecular complexity index is 204. The highest BCUT2D eigenvalue weighted by Gasteiger charge is 2.19. The van der Waals surface area contributed by atoms with E-state index in [1.165, 1.54) is 64.2 Å². The van der Waals surface area contributed by atoms with E-state index in [1.807, 2.05) is 13.8 Å². The van der Waals surface area contributed by atoms with Crippen LogP contribution >= 0.6 is 0 Å². The van der Waals surface area contributed by atoms with E-state index in [0.717, 1.165) is 18.1 Å². The van der Waals surface area contributed by atoms with E-state index in [2.05, 4.69) is 38.2 Å². The van der Waals surface area contributed by atoms with Gasteiger partial charge in [-0.25, -0.2) is 0 Å². The van der Waals surface area contributed by atoms with Crippen molar-refractivity contribution in [3.63, 3.8) is 0 Å². The highest BCUT2D eigenvalue weighted by Crippen LogP contribution is 2.22. The fourth-order valence-corrected chi connectivity index (χ4v) is 3.30. The van der Waals surface area contributed by atoms with Gasteiger partial charge in [-0.3, -0.25) is 0 Å². The largest absolute Gasteiger partial charge is 0.317 e. The first-order chi connectivity index (χ1) is 10.1. The van der Waals surface area contributed by atoms with E-state index in [-0.39, 0.29) is 0 Å². The van der Waals surface area contributed by atoms with Gasteiger partial charge >= 0.3 is 0 Å². The molecule has 2 aliphatic rings. The van der Waals surface area contributed by atoms with Crippen molar-refractivity contribution in [1.29, 1.82) is 0 Å². The van der Waals surface area contributed by atoms with Gasteiger partial charge in [-0.15, -0.1) is 0 Å². The summed E-state index contributed by atoms with van der Waals surface area (Å²) in [5.74, 6) is 0. The highest BCUT2D eigenvalue weighted by molar-refractivity contribution is 4.75. The molecular formula is C19H42N2. The number of hydrogen-bond acceptors (Lipinski definition) is 2. The lowest BCUT2D eigenvalue weighted by Crippen LogP contribution is -2.38. The van der Waals surface area contributed by atoms with Crippen LogP contribution in [0.3, 0.4) is 0 Å². The Balaban J connectivity index is 0.000000354. The number of nitrogens with one attached hydrogen (secondary N) is 1. The third kappa shape index (κ3) is 9.52. The van der Waals surface area contributed by atoms with Crippen LogP contribution in [0.4, 0.5) is 0 Å². The molecule has 2 nitrogen and oxygen atoms in total. The lowest BCUT2D eigenvalue weighted by Gasteiger charge is -2.33. The van der Waals surface area contributed by atoms with E-state index in [0.29, 0.717) is 0 Å². The van der Waals surface area contributed by atoms with Gasteiger partial charge in [0.2, 0.25) is 0 Å². The minimum atomic E-state index is 0.720. The summed E-state index contributed by atoms with van der Waals surface area (Å²) in [6.45, 7) is 8.57. The minimum Gasteiger partial charge on any atom is -0.317 e. The molecule has 0 unspecified atom stereocenters. The van der Waals surface area contributed by atoms with Crippen LogP contribution in [0.25, 0.3) is 0 Å². The molecule has 0 saturated heterocycles. The SMILES string of the molecule is CC.CC(C)N(C)C1CCCCC1.CNC1CCCCC1. The molecule has 0 bridgehead atoms. The predicted octanol–water partition coefficient (Wildman–Crippen LogP) is 5.22. The molecule has 0 aliphatic heterocycles. The molecule has 0 aromatic rings. The number of rotatable bonds is 3. The van der Waals surface area contributed by atoms with Crippen molar-refractivity contribution in [2.24, 2.45) is 0 Å². The second-order valence-electron chi connectivity index (χ2n) is 6.67. The molecule has 0 spiro atoms. The Hall–Kier alpha value is -0.0800. The maximum atomic E-state index is 3.30. The highest BCUT2D eigenvalue weighted by atomic mass is 15.1. The van der Waals surface area contributed by atoms with Crippen LogP contribution < -0.4 is 5.32 Å². The summed E-state index contributed by atoms with van der Waals surface area (Å²) < 4.78 is 0. The first kappa shape index (κ1) is 20.9. The van der Waals surface area contributed by atoms with Gasteiger partial charge in [-0.2, -0.15) is 0 Å². The zero-order valence-electron chi connectivity index (χ0n) is 15.8. The Kier molecular flexibility index (Phi) is 13.5. The van der Waals surface area contributed by atoms with Crippen molar-refractivity contribution in [2.45, 2.75) is 110 Å². The average molecular weight is 299 g/mol. The summed E-state index contributed by atoms with van der Waals surface area (Å²) in [5, 5.41) is 3.30. The van der Waals surface area contributed by atoms with Crippen LogP contribution in [-0.2, 0) is 0 Å². The Morgan fingerprint density at radius 1 is 0.810 bits per heavy atom. The summed E-state index contributed by atoms with van der Waals surface area (Å²) in [6.07, 6.45) is 14.3. The van der Waals surface area contributed by atoms with Crippen LogP contribution in [0, 0.1) is 0 Å². The molecule has 0 atom stereocenters. The van der Waals surface area contributed by atoms with Crippen molar-refractivity contribution in [1.82, 2.24) is 10.2 Å². The third-order valence-corrected chi connectivity index (χ3v) is 4.98. The molecule has 2 heteroatoms. The van der Waals surface area contributed by atoms with Gasteiger partial charge < -0.3 is 10.2 Å². The van der Waals surface area contributed by atoms with Gasteiger partial charge in [-0.1, -0.05) is 52.4 Å². The normalized spacial score (nSPS) is 20.6. The zero-order valence-corrected chi connectivity index (χ0v) is 15.8. The van der Waals surface area contributed by atoms with Crippen molar-refractivity contribution in [3.8, 4) is 0 Å². The second-order valence-corrected chi connectivity index (χ2v) is 6.67. The van der Waals surface area contributed by atoms with E-state index < -0.39 is 0 Å². The maximum absolute atomic E-state index is 3.30. The van der Waals surface area contributed by atoms with Crippen LogP contribution in [0.1, 0.15) is 91.9 Å². The summed E-state index contributed by atoms with van der Waals surface area (Å²) in [7, 11) is 4.33. The monoisotopic (exact) mass is 298 g/mol. The minimum absolute atomic E-state index is 0.720. The lowest BCUT2D eigenvalue weighted by molar-refractivity contribution is 0.155. The molecule has 2 fully saturated rings. The van der Waals surface area contributed by atoms with Gasteiger partial charge in [0.05, 0.1) is 0 Å². The fraction of sp³-hybridized carbons (Fsp3) is 1.00. The number of hydrogen-bond donors (Lipinski definition) is 1. The van der Waals surface area contributed by atoms with Gasteiger partial charge in [0.1, 0.15) is 0 Å². The van der Waals surface area contributed by atoms with Gasteiger partial charge in [0, 0.05) is 18.1 Å². The molecular weight excluding hydrogens is 256 g/mol. The molecule has 21 heavy (non-hydrogen) atoms. The quantitative estimate of drug-likeness (QED) is 0.768. The second kappa shape index (κ2) is 13.6. The molecule has 2 saturated carbocycles.